The van der Waals surface area contributed by atoms with Gasteiger partial charge in [-0.1, -0.05) is 48.4 Å². The molecule has 0 bridgehead atoms. The minimum atomic E-state index is -0.358. The van der Waals surface area contributed by atoms with Crippen molar-refractivity contribution in [2.75, 3.05) is 5.32 Å². The summed E-state index contributed by atoms with van der Waals surface area (Å²) in [5.41, 5.74) is 5.81. The summed E-state index contributed by atoms with van der Waals surface area (Å²) in [7, 11) is 0. The van der Waals surface area contributed by atoms with E-state index in [4.69, 9.17) is 11.6 Å². The van der Waals surface area contributed by atoms with Crippen LogP contribution in [0.2, 0.25) is 5.02 Å². The SMILES string of the molecule is CCc1ccc(NC(=O)c2nc(-c3ccc(Cl)cc3)n(-c3ccc(C)cc3C)n2)cc1. The number of benzene rings is 3. The van der Waals surface area contributed by atoms with E-state index < -0.39 is 0 Å². The number of aromatic nitrogens is 3. The molecule has 1 heterocycles. The Morgan fingerprint density at radius 2 is 1.71 bits per heavy atom. The zero-order chi connectivity index (χ0) is 22.0. The van der Waals surface area contributed by atoms with E-state index >= 15 is 0 Å². The van der Waals surface area contributed by atoms with Gasteiger partial charge in [-0.3, -0.25) is 4.79 Å². The topological polar surface area (TPSA) is 59.8 Å². The highest BCUT2D eigenvalue weighted by atomic mass is 35.5. The average molecular weight is 431 g/mol. The van der Waals surface area contributed by atoms with E-state index in [1.807, 2.05) is 62.4 Å². The Hall–Kier alpha value is -3.44. The van der Waals surface area contributed by atoms with Gasteiger partial charge in [0.1, 0.15) is 0 Å². The summed E-state index contributed by atoms with van der Waals surface area (Å²) in [5, 5.41) is 8.08. The van der Waals surface area contributed by atoms with E-state index in [0.717, 1.165) is 28.8 Å². The Morgan fingerprint density at radius 3 is 2.35 bits per heavy atom. The van der Waals surface area contributed by atoms with Gasteiger partial charge in [-0.25, -0.2) is 9.67 Å². The van der Waals surface area contributed by atoms with Gasteiger partial charge in [0.25, 0.3) is 5.91 Å². The van der Waals surface area contributed by atoms with Gasteiger partial charge in [0.15, 0.2) is 5.82 Å². The summed E-state index contributed by atoms with van der Waals surface area (Å²) >= 11 is 6.06. The second-order valence-corrected chi connectivity index (χ2v) is 7.91. The summed E-state index contributed by atoms with van der Waals surface area (Å²) in [6.45, 7) is 6.15. The van der Waals surface area contributed by atoms with Crippen LogP contribution >= 0.6 is 11.6 Å². The van der Waals surface area contributed by atoms with Gasteiger partial charge in [-0.05, 0) is 73.9 Å². The molecule has 31 heavy (non-hydrogen) atoms. The fourth-order valence-electron chi connectivity index (χ4n) is 3.42. The standard InChI is InChI=1S/C25H23ClN4O/c1-4-18-6-12-21(13-7-18)27-25(31)23-28-24(19-8-10-20(26)11-9-19)30(29-23)22-14-5-16(2)15-17(22)3/h5-15H,4H2,1-3H3,(H,27,31). The molecule has 0 atom stereocenters. The smallest absolute Gasteiger partial charge is 0.295 e. The van der Waals surface area contributed by atoms with E-state index in [1.165, 1.54) is 5.56 Å². The van der Waals surface area contributed by atoms with Gasteiger partial charge in [-0.15, -0.1) is 5.10 Å². The number of anilines is 1. The number of hydrogen-bond acceptors (Lipinski definition) is 3. The van der Waals surface area contributed by atoms with Gasteiger partial charge >= 0.3 is 0 Å². The summed E-state index contributed by atoms with van der Waals surface area (Å²) < 4.78 is 1.72. The maximum atomic E-state index is 12.9. The summed E-state index contributed by atoms with van der Waals surface area (Å²) in [6, 6.07) is 21.2. The lowest BCUT2D eigenvalue weighted by atomic mass is 10.1. The third-order valence-corrected chi connectivity index (χ3v) is 5.37. The number of aryl methyl sites for hydroxylation is 3. The molecule has 1 amide bonds. The Morgan fingerprint density at radius 1 is 1.00 bits per heavy atom. The predicted octanol–water partition coefficient (Wildman–Crippen LogP) is 6.02. The number of nitrogens with one attached hydrogen (secondary N) is 1. The lowest BCUT2D eigenvalue weighted by molar-refractivity contribution is 0.101. The van der Waals surface area contributed by atoms with Gasteiger partial charge in [-0.2, -0.15) is 0 Å². The van der Waals surface area contributed by atoms with Crippen LogP contribution in [-0.4, -0.2) is 20.7 Å². The van der Waals surface area contributed by atoms with Crippen molar-refractivity contribution in [2.24, 2.45) is 0 Å². The fraction of sp³-hybridized carbons (Fsp3) is 0.160. The molecule has 0 saturated carbocycles. The first-order valence-electron chi connectivity index (χ1n) is 10.2. The fourth-order valence-corrected chi connectivity index (χ4v) is 3.54. The molecule has 0 radical (unpaired) electrons. The molecule has 0 aliphatic heterocycles. The van der Waals surface area contributed by atoms with Crippen molar-refractivity contribution in [3.63, 3.8) is 0 Å². The summed E-state index contributed by atoms with van der Waals surface area (Å²) in [5.74, 6) is 0.322. The van der Waals surface area contributed by atoms with E-state index in [0.29, 0.717) is 16.5 Å². The van der Waals surface area contributed by atoms with Crippen LogP contribution in [0.25, 0.3) is 17.1 Å². The Balaban J connectivity index is 1.74. The third kappa shape index (κ3) is 4.52. The normalized spacial score (nSPS) is 10.8. The van der Waals surface area contributed by atoms with Crippen LogP contribution in [-0.2, 0) is 6.42 Å². The van der Waals surface area contributed by atoms with Crippen molar-refractivity contribution in [2.45, 2.75) is 27.2 Å². The van der Waals surface area contributed by atoms with Crippen molar-refractivity contribution in [1.82, 2.24) is 14.8 Å². The molecule has 4 rings (SSSR count). The number of carbonyl (C=O) groups excluding carboxylic acids is 1. The molecule has 3 aromatic carbocycles. The van der Waals surface area contributed by atoms with E-state index in [1.54, 1.807) is 16.8 Å². The first-order valence-corrected chi connectivity index (χ1v) is 10.5. The van der Waals surface area contributed by atoms with Crippen LogP contribution in [0.15, 0.2) is 66.7 Å². The van der Waals surface area contributed by atoms with Crippen molar-refractivity contribution in [3.8, 4) is 17.1 Å². The van der Waals surface area contributed by atoms with Crippen molar-refractivity contribution < 1.29 is 4.79 Å². The molecular weight excluding hydrogens is 408 g/mol. The Labute approximate surface area is 186 Å². The summed E-state index contributed by atoms with van der Waals surface area (Å²) in [4.78, 5) is 17.5. The maximum Gasteiger partial charge on any atom is 0.295 e. The van der Waals surface area contributed by atoms with Crippen molar-refractivity contribution in [1.29, 1.82) is 0 Å². The number of nitrogens with zero attached hydrogens (tertiary/aromatic N) is 3. The molecule has 1 aromatic heterocycles. The number of rotatable bonds is 5. The highest BCUT2D eigenvalue weighted by Gasteiger charge is 2.20. The second-order valence-electron chi connectivity index (χ2n) is 7.47. The van der Waals surface area contributed by atoms with Crippen LogP contribution in [0.5, 0.6) is 0 Å². The van der Waals surface area contributed by atoms with Crippen molar-refractivity contribution in [3.05, 3.63) is 94.3 Å². The highest BCUT2D eigenvalue weighted by molar-refractivity contribution is 6.30. The molecule has 156 valence electrons. The minimum absolute atomic E-state index is 0.101. The molecule has 0 fully saturated rings. The molecule has 0 unspecified atom stereocenters. The average Bonchev–Trinajstić information content (AvgIpc) is 3.20. The molecule has 4 aromatic rings. The van der Waals surface area contributed by atoms with Crippen molar-refractivity contribution >= 4 is 23.2 Å². The summed E-state index contributed by atoms with van der Waals surface area (Å²) in [6.07, 6.45) is 0.945. The molecule has 0 saturated heterocycles. The van der Waals surface area contributed by atoms with Crippen LogP contribution in [0.4, 0.5) is 5.69 Å². The van der Waals surface area contributed by atoms with Crippen LogP contribution in [0, 0.1) is 13.8 Å². The Bertz CT molecular complexity index is 1230. The molecule has 0 spiro atoms. The monoisotopic (exact) mass is 430 g/mol. The van der Waals surface area contributed by atoms with Gasteiger partial charge in [0.2, 0.25) is 5.82 Å². The molecule has 0 aliphatic rings. The van der Waals surface area contributed by atoms with Crippen LogP contribution < -0.4 is 5.32 Å². The zero-order valence-corrected chi connectivity index (χ0v) is 18.4. The van der Waals surface area contributed by atoms with Gasteiger partial charge in [0, 0.05) is 16.3 Å². The second kappa shape index (κ2) is 8.74. The lowest BCUT2D eigenvalue weighted by Gasteiger charge is -2.10. The molecule has 1 N–H and O–H groups in total. The van der Waals surface area contributed by atoms with E-state index in [2.05, 4.69) is 28.4 Å². The van der Waals surface area contributed by atoms with Crippen LogP contribution in [0.1, 0.15) is 34.2 Å². The molecule has 0 aliphatic carbocycles. The molecule has 6 heteroatoms. The van der Waals surface area contributed by atoms with Gasteiger partial charge in [0.05, 0.1) is 5.69 Å². The third-order valence-electron chi connectivity index (χ3n) is 5.11. The van der Waals surface area contributed by atoms with E-state index in [9.17, 15) is 4.79 Å². The molecule has 5 nitrogen and oxygen atoms in total. The zero-order valence-electron chi connectivity index (χ0n) is 17.7. The highest BCUT2D eigenvalue weighted by Crippen LogP contribution is 2.25. The predicted molar refractivity (Wildman–Crippen MR) is 125 cm³/mol. The molecular formula is C25H23ClN4O. The first kappa shape index (κ1) is 20.8. The lowest BCUT2D eigenvalue weighted by Crippen LogP contribution is -2.14. The Kier molecular flexibility index (Phi) is 5.87. The minimum Gasteiger partial charge on any atom is -0.319 e. The van der Waals surface area contributed by atoms with Gasteiger partial charge < -0.3 is 5.32 Å². The maximum absolute atomic E-state index is 12.9. The number of hydrogen-bond donors (Lipinski definition) is 1. The number of amides is 1. The van der Waals surface area contributed by atoms with Crippen LogP contribution in [0.3, 0.4) is 0 Å². The largest absolute Gasteiger partial charge is 0.319 e. The number of halogens is 1. The number of carbonyl (C=O) groups is 1. The first-order chi connectivity index (χ1) is 14.9. The quantitative estimate of drug-likeness (QED) is 0.421. The van der Waals surface area contributed by atoms with E-state index in [-0.39, 0.29) is 11.7 Å².